The van der Waals surface area contributed by atoms with Gasteiger partial charge in [0.05, 0.1) is 6.04 Å². The number of benzene rings is 1. The lowest BCUT2D eigenvalue weighted by Crippen LogP contribution is -2.56. The van der Waals surface area contributed by atoms with Gasteiger partial charge >= 0.3 is 5.97 Å². The highest BCUT2D eigenvalue weighted by atomic mass is 16.4. The molecule has 5 N–H and O–H groups in total. The predicted octanol–water partition coefficient (Wildman–Crippen LogP) is 0.528. The van der Waals surface area contributed by atoms with Gasteiger partial charge in [-0.2, -0.15) is 0 Å². The van der Waals surface area contributed by atoms with Crippen LogP contribution in [0.15, 0.2) is 30.5 Å². The minimum Gasteiger partial charge on any atom is -0.480 e. The summed E-state index contributed by atoms with van der Waals surface area (Å²) in [5.74, 6) is -2.19. The molecule has 3 amide bonds. The first-order valence-electron chi connectivity index (χ1n) is 11.8. The van der Waals surface area contributed by atoms with Crippen LogP contribution in [0.1, 0.15) is 38.2 Å². The Balaban J connectivity index is 1.39. The Morgan fingerprint density at radius 2 is 1.91 bits per heavy atom. The number of rotatable bonds is 8. The van der Waals surface area contributed by atoms with Crippen molar-refractivity contribution in [3.8, 4) is 0 Å². The summed E-state index contributed by atoms with van der Waals surface area (Å²) in [5.41, 5.74) is 1.68. The molecule has 0 bridgehead atoms. The second-order valence-electron chi connectivity index (χ2n) is 9.03. The van der Waals surface area contributed by atoms with Crippen LogP contribution < -0.4 is 16.0 Å². The lowest BCUT2D eigenvalue weighted by Gasteiger charge is -2.28. The van der Waals surface area contributed by atoms with Crippen LogP contribution in [0.25, 0.3) is 10.9 Å². The highest BCUT2D eigenvalue weighted by Gasteiger charge is 2.38. The van der Waals surface area contributed by atoms with Crippen molar-refractivity contribution < 1.29 is 24.3 Å². The van der Waals surface area contributed by atoms with Crippen molar-refractivity contribution >= 4 is 34.6 Å². The highest BCUT2D eigenvalue weighted by molar-refractivity contribution is 5.94. The van der Waals surface area contributed by atoms with Gasteiger partial charge in [0.25, 0.3) is 0 Å². The lowest BCUT2D eigenvalue weighted by molar-refractivity contribution is -0.144. The number of carbonyl (C=O) groups is 4. The van der Waals surface area contributed by atoms with Crippen LogP contribution in [-0.2, 0) is 25.6 Å². The molecule has 182 valence electrons. The Hall–Kier alpha value is -3.40. The summed E-state index contributed by atoms with van der Waals surface area (Å²) in [6.07, 6.45) is 4.59. The van der Waals surface area contributed by atoms with Gasteiger partial charge in [-0.05, 0) is 50.8 Å². The van der Waals surface area contributed by atoms with E-state index in [1.165, 1.54) is 4.90 Å². The molecule has 3 heterocycles. The number of hydrogen-bond acceptors (Lipinski definition) is 5. The fourth-order valence-electron chi connectivity index (χ4n) is 4.82. The second-order valence-corrected chi connectivity index (χ2v) is 9.03. The standard InChI is InChI=1S/C24H31N5O5/c1-14(27-21(30)18-8-4-10-25-18)23(32)29-11-5-9-20(29)22(31)28-19(24(33)34)12-15-13-26-17-7-3-2-6-16(15)17/h2-3,6-7,13-14,18-20,25-26H,4-5,8-12H2,1H3,(H,27,30)(H,28,31)(H,33,34). The first-order chi connectivity index (χ1) is 16.3. The Labute approximate surface area is 197 Å². The van der Waals surface area contributed by atoms with Gasteiger partial charge in [-0.3, -0.25) is 14.4 Å². The SMILES string of the molecule is CC(NC(=O)C1CCCN1)C(=O)N1CCCC1C(=O)NC(Cc1c[nH]c2ccccc12)C(=O)O. The molecule has 4 atom stereocenters. The summed E-state index contributed by atoms with van der Waals surface area (Å²) in [6.45, 7) is 2.77. The van der Waals surface area contributed by atoms with Crippen LogP contribution in [0.5, 0.6) is 0 Å². The van der Waals surface area contributed by atoms with E-state index >= 15 is 0 Å². The van der Waals surface area contributed by atoms with E-state index in [4.69, 9.17) is 0 Å². The smallest absolute Gasteiger partial charge is 0.326 e. The number of aromatic amines is 1. The molecule has 0 spiro atoms. The Kier molecular flexibility index (Phi) is 7.16. The minimum absolute atomic E-state index is 0.118. The van der Waals surface area contributed by atoms with Crippen LogP contribution in [0.3, 0.4) is 0 Å². The summed E-state index contributed by atoms with van der Waals surface area (Å²) in [4.78, 5) is 54.9. The molecule has 34 heavy (non-hydrogen) atoms. The molecule has 0 radical (unpaired) electrons. The fraction of sp³-hybridized carbons (Fsp3) is 0.500. The zero-order chi connectivity index (χ0) is 24.2. The van der Waals surface area contributed by atoms with E-state index in [9.17, 15) is 24.3 Å². The average molecular weight is 470 g/mol. The maximum atomic E-state index is 13.0. The number of H-pyrrole nitrogens is 1. The van der Waals surface area contributed by atoms with Gasteiger partial charge in [-0.25, -0.2) is 4.79 Å². The van der Waals surface area contributed by atoms with Gasteiger partial charge < -0.3 is 30.9 Å². The maximum Gasteiger partial charge on any atom is 0.326 e. The summed E-state index contributed by atoms with van der Waals surface area (Å²) >= 11 is 0. The molecule has 2 aromatic rings. The van der Waals surface area contributed by atoms with Crippen LogP contribution in [0, 0.1) is 0 Å². The summed E-state index contributed by atoms with van der Waals surface area (Å²) in [7, 11) is 0. The van der Waals surface area contributed by atoms with Crippen LogP contribution in [-0.4, -0.2) is 75.9 Å². The fourth-order valence-corrected chi connectivity index (χ4v) is 4.82. The molecule has 10 heteroatoms. The molecule has 2 saturated heterocycles. The molecule has 2 fully saturated rings. The van der Waals surface area contributed by atoms with Crippen LogP contribution in [0.2, 0.25) is 0 Å². The number of nitrogens with zero attached hydrogens (tertiary/aromatic N) is 1. The maximum absolute atomic E-state index is 13.0. The largest absolute Gasteiger partial charge is 0.480 e. The number of carbonyl (C=O) groups excluding carboxylic acids is 3. The molecule has 0 saturated carbocycles. The van der Waals surface area contributed by atoms with Gasteiger partial charge in [-0.1, -0.05) is 18.2 Å². The first-order valence-corrected chi connectivity index (χ1v) is 11.8. The van der Waals surface area contributed by atoms with Crippen molar-refractivity contribution in [3.05, 3.63) is 36.0 Å². The molecule has 2 aliphatic rings. The van der Waals surface area contributed by atoms with E-state index in [-0.39, 0.29) is 24.3 Å². The van der Waals surface area contributed by atoms with E-state index in [1.54, 1.807) is 13.1 Å². The third-order valence-electron chi connectivity index (χ3n) is 6.66. The monoisotopic (exact) mass is 469 g/mol. The number of carboxylic acids is 1. The van der Waals surface area contributed by atoms with Gasteiger partial charge in [-0.15, -0.1) is 0 Å². The number of likely N-dealkylation sites (tertiary alicyclic amines) is 1. The third kappa shape index (κ3) is 5.06. The van der Waals surface area contributed by atoms with Crippen molar-refractivity contribution in [3.63, 3.8) is 0 Å². The number of aromatic nitrogens is 1. The summed E-state index contributed by atoms with van der Waals surface area (Å²) < 4.78 is 0. The predicted molar refractivity (Wildman–Crippen MR) is 125 cm³/mol. The van der Waals surface area contributed by atoms with Gasteiger partial charge in [0.1, 0.15) is 18.1 Å². The molecule has 2 aliphatic heterocycles. The molecular weight excluding hydrogens is 438 g/mol. The van der Waals surface area contributed by atoms with Gasteiger partial charge in [0.15, 0.2) is 0 Å². The van der Waals surface area contributed by atoms with E-state index in [1.807, 2.05) is 24.3 Å². The third-order valence-corrected chi connectivity index (χ3v) is 6.66. The molecular formula is C24H31N5O5. The second kappa shape index (κ2) is 10.3. The van der Waals surface area contributed by atoms with E-state index in [0.29, 0.717) is 19.4 Å². The molecule has 1 aromatic carbocycles. The molecule has 0 aliphatic carbocycles. The first kappa shape index (κ1) is 23.7. The number of fused-ring (bicyclic) bond motifs is 1. The Morgan fingerprint density at radius 1 is 1.12 bits per heavy atom. The topological polar surface area (TPSA) is 144 Å². The van der Waals surface area contributed by atoms with E-state index < -0.39 is 30.0 Å². The number of carboxylic acid groups (broad SMARTS) is 1. The van der Waals surface area contributed by atoms with E-state index in [0.717, 1.165) is 35.9 Å². The summed E-state index contributed by atoms with van der Waals surface area (Å²) in [5, 5.41) is 19.1. The average Bonchev–Trinajstić information content (AvgIpc) is 3.59. The van der Waals surface area contributed by atoms with Crippen molar-refractivity contribution in [1.29, 1.82) is 0 Å². The summed E-state index contributed by atoms with van der Waals surface area (Å²) in [6, 6.07) is 4.60. The number of para-hydroxylation sites is 1. The minimum atomic E-state index is -1.14. The van der Waals surface area contributed by atoms with Crippen LogP contribution in [0.4, 0.5) is 0 Å². The molecule has 10 nitrogen and oxygen atoms in total. The van der Waals surface area contributed by atoms with Crippen molar-refractivity contribution in [2.24, 2.45) is 0 Å². The van der Waals surface area contributed by atoms with E-state index in [2.05, 4.69) is 20.9 Å². The number of amides is 3. The number of nitrogens with one attached hydrogen (secondary N) is 4. The normalized spacial score (nSPS) is 21.9. The zero-order valence-electron chi connectivity index (χ0n) is 19.2. The molecule has 4 rings (SSSR count). The van der Waals surface area contributed by atoms with Crippen molar-refractivity contribution in [2.75, 3.05) is 13.1 Å². The van der Waals surface area contributed by atoms with Crippen molar-refractivity contribution in [1.82, 2.24) is 25.8 Å². The zero-order valence-corrected chi connectivity index (χ0v) is 19.2. The van der Waals surface area contributed by atoms with Crippen molar-refractivity contribution in [2.45, 2.75) is 63.2 Å². The van der Waals surface area contributed by atoms with Crippen LogP contribution >= 0.6 is 0 Å². The number of aliphatic carboxylic acids is 1. The Bertz CT molecular complexity index is 1080. The molecule has 4 unspecified atom stereocenters. The Morgan fingerprint density at radius 3 is 2.65 bits per heavy atom. The lowest BCUT2D eigenvalue weighted by atomic mass is 10.0. The van der Waals surface area contributed by atoms with Gasteiger partial charge in [0.2, 0.25) is 17.7 Å². The number of hydrogen-bond donors (Lipinski definition) is 5. The molecule has 1 aromatic heterocycles. The quantitative estimate of drug-likeness (QED) is 0.382. The van der Waals surface area contributed by atoms with Gasteiger partial charge in [0, 0.05) is 30.1 Å². The highest BCUT2D eigenvalue weighted by Crippen LogP contribution is 2.21.